The van der Waals surface area contributed by atoms with Gasteiger partial charge in [0.2, 0.25) is 5.91 Å². The van der Waals surface area contributed by atoms with E-state index in [1.54, 1.807) is 24.2 Å². The lowest BCUT2D eigenvalue weighted by molar-refractivity contribution is -0.117. The lowest BCUT2D eigenvalue weighted by Crippen LogP contribution is -2.24. The number of methoxy groups -OCH3 is 1. The molecule has 0 fully saturated rings. The Morgan fingerprint density at radius 3 is 2.65 bits per heavy atom. The van der Waals surface area contributed by atoms with Crippen molar-refractivity contribution in [3.05, 3.63) is 78.4 Å². The van der Waals surface area contributed by atoms with E-state index in [0.29, 0.717) is 0 Å². The zero-order chi connectivity index (χ0) is 18.4. The SMILES string of the molecule is COc1ccccc1/C=C/C(=O)NC(C)c1ccc(-n2cncn2)cc1. The molecule has 1 unspecified atom stereocenters. The summed E-state index contributed by atoms with van der Waals surface area (Å²) in [7, 11) is 1.61. The summed E-state index contributed by atoms with van der Waals surface area (Å²) in [6.45, 7) is 1.94. The van der Waals surface area contributed by atoms with Crippen LogP contribution in [0.15, 0.2) is 67.3 Å². The largest absolute Gasteiger partial charge is 0.496 e. The van der Waals surface area contributed by atoms with Gasteiger partial charge in [-0.15, -0.1) is 0 Å². The molecule has 3 aromatic rings. The number of nitrogens with one attached hydrogen (secondary N) is 1. The second-order valence-corrected chi connectivity index (χ2v) is 5.74. The molecule has 1 atom stereocenters. The van der Waals surface area contributed by atoms with Crippen molar-refractivity contribution in [2.24, 2.45) is 0 Å². The number of ether oxygens (including phenoxy) is 1. The van der Waals surface area contributed by atoms with Crippen LogP contribution in [0.4, 0.5) is 0 Å². The average Bonchev–Trinajstić information content (AvgIpc) is 3.21. The van der Waals surface area contributed by atoms with E-state index >= 15 is 0 Å². The number of benzene rings is 2. The van der Waals surface area contributed by atoms with Crippen LogP contribution in [-0.2, 0) is 4.79 Å². The first kappa shape index (κ1) is 17.4. The smallest absolute Gasteiger partial charge is 0.244 e. The van der Waals surface area contributed by atoms with Crippen LogP contribution < -0.4 is 10.1 Å². The molecular weight excluding hydrogens is 328 g/mol. The van der Waals surface area contributed by atoms with Gasteiger partial charge in [0.1, 0.15) is 18.4 Å². The minimum Gasteiger partial charge on any atom is -0.496 e. The Morgan fingerprint density at radius 2 is 1.96 bits per heavy atom. The number of rotatable bonds is 6. The summed E-state index contributed by atoms with van der Waals surface area (Å²) in [4.78, 5) is 16.1. The number of nitrogens with zero attached hydrogens (tertiary/aromatic N) is 3. The van der Waals surface area contributed by atoms with Crippen LogP contribution in [0.2, 0.25) is 0 Å². The summed E-state index contributed by atoms with van der Waals surface area (Å²) in [5.74, 6) is 0.567. The lowest BCUT2D eigenvalue weighted by Gasteiger charge is -2.13. The Labute approximate surface area is 152 Å². The number of hydrogen-bond donors (Lipinski definition) is 1. The topological polar surface area (TPSA) is 69.0 Å². The van der Waals surface area contributed by atoms with Gasteiger partial charge in [-0.3, -0.25) is 4.79 Å². The molecule has 26 heavy (non-hydrogen) atoms. The molecule has 0 aliphatic heterocycles. The average molecular weight is 348 g/mol. The molecule has 2 aromatic carbocycles. The number of carbonyl (C=O) groups excluding carboxylic acids is 1. The molecular formula is C20H20N4O2. The molecule has 6 heteroatoms. The maximum absolute atomic E-state index is 12.2. The first-order valence-corrected chi connectivity index (χ1v) is 8.24. The van der Waals surface area contributed by atoms with Gasteiger partial charge in [0.25, 0.3) is 0 Å². The predicted molar refractivity (Wildman–Crippen MR) is 99.9 cm³/mol. The molecule has 1 N–H and O–H groups in total. The third kappa shape index (κ3) is 4.16. The summed E-state index contributed by atoms with van der Waals surface area (Å²) >= 11 is 0. The second-order valence-electron chi connectivity index (χ2n) is 5.74. The van der Waals surface area contributed by atoms with Crippen LogP contribution in [0.5, 0.6) is 5.75 Å². The molecule has 0 radical (unpaired) electrons. The van der Waals surface area contributed by atoms with Crippen molar-refractivity contribution < 1.29 is 9.53 Å². The minimum absolute atomic E-state index is 0.116. The van der Waals surface area contributed by atoms with Crippen LogP contribution >= 0.6 is 0 Å². The van der Waals surface area contributed by atoms with Gasteiger partial charge in [0.15, 0.2) is 0 Å². The zero-order valence-electron chi connectivity index (χ0n) is 14.7. The lowest BCUT2D eigenvalue weighted by atomic mass is 10.1. The van der Waals surface area contributed by atoms with Crippen molar-refractivity contribution in [1.82, 2.24) is 20.1 Å². The summed E-state index contributed by atoms with van der Waals surface area (Å²) in [5, 5.41) is 7.05. The second kappa shape index (κ2) is 8.11. The van der Waals surface area contributed by atoms with E-state index in [0.717, 1.165) is 22.6 Å². The van der Waals surface area contributed by atoms with Gasteiger partial charge in [0, 0.05) is 11.6 Å². The Hall–Kier alpha value is -3.41. The molecule has 0 aliphatic rings. The molecule has 1 aromatic heterocycles. The van der Waals surface area contributed by atoms with E-state index in [1.807, 2.05) is 55.5 Å². The summed E-state index contributed by atoms with van der Waals surface area (Å²) in [6, 6.07) is 15.2. The maximum atomic E-state index is 12.2. The van der Waals surface area contributed by atoms with Crippen molar-refractivity contribution >= 4 is 12.0 Å². The molecule has 0 bridgehead atoms. The van der Waals surface area contributed by atoms with Crippen LogP contribution in [0.25, 0.3) is 11.8 Å². The number of aromatic nitrogens is 3. The monoisotopic (exact) mass is 348 g/mol. The number of para-hydroxylation sites is 1. The fourth-order valence-corrected chi connectivity index (χ4v) is 2.57. The first-order valence-electron chi connectivity index (χ1n) is 8.24. The molecule has 3 rings (SSSR count). The van der Waals surface area contributed by atoms with Gasteiger partial charge >= 0.3 is 0 Å². The van der Waals surface area contributed by atoms with E-state index < -0.39 is 0 Å². The quantitative estimate of drug-likeness (QED) is 0.695. The highest BCUT2D eigenvalue weighted by atomic mass is 16.5. The highest BCUT2D eigenvalue weighted by Crippen LogP contribution is 2.19. The highest BCUT2D eigenvalue weighted by Gasteiger charge is 2.08. The van der Waals surface area contributed by atoms with Crippen LogP contribution in [0.1, 0.15) is 24.1 Å². The van der Waals surface area contributed by atoms with Crippen LogP contribution in [0.3, 0.4) is 0 Å². The molecule has 0 saturated heterocycles. The van der Waals surface area contributed by atoms with Crippen molar-refractivity contribution in [3.8, 4) is 11.4 Å². The van der Waals surface area contributed by atoms with Crippen LogP contribution in [0, 0.1) is 0 Å². The van der Waals surface area contributed by atoms with Gasteiger partial charge in [-0.25, -0.2) is 9.67 Å². The van der Waals surface area contributed by atoms with Gasteiger partial charge in [-0.1, -0.05) is 30.3 Å². The number of hydrogen-bond acceptors (Lipinski definition) is 4. The molecule has 1 amide bonds. The van der Waals surface area contributed by atoms with Crippen molar-refractivity contribution in [2.75, 3.05) is 7.11 Å². The van der Waals surface area contributed by atoms with Crippen LogP contribution in [-0.4, -0.2) is 27.8 Å². The van der Waals surface area contributed by atoms with Crippen molar-refractivity contribution in [1.29, 1.82) is 0 Å². The van der Waals surface area contributed by atoms with Gasteiger partial charge in [-0.2, -0.15) is 5.10 Å². The summed E-state index contributed by atoms with van der Waals surface area (Å²) in [6.07, 6.45) is 6.39. The Bertz CT molecular complexity index is 886. The van der Waals surface area contributed by atoms with Gasteiger partial charge in [0.05, 0.1) is 18.8 Å². The third-order valence-electron chi connectivity index (χ3n) is 3.99. The van der Waals surface area contributed by atoms with Crippen molar-refractivity contribution in [3.63, 3.8) is 0 Å². The normalized spacial score (nSPS) is 12.1. The molecule has 0 spiro atoms. The highest BCUT2D eigenvalue weighted by molar-refractivity contribution is 5.92. The van der Waals surface area contributed by atoms with Gasteiger partial charge in [-0.05, 0) is 36.8 Å². The van der Waals surface area contributed by atoms with Crippen molar-refractivity contribution in [2.45, 2.75) is 13.0 Å². The Kier molecular flexibility index (Phi) is 5.43. The summed E-state index contributed by atoms with van der Waals surface area (Å²) < 4.78 is 6.96. The molecule has 0 aliphatic carbocycles. The predicted octanol–water partition coefficient (Wildman–Crippen LogP) is 3.17. The minimum atomic E-state index is -0.163. The number of amides is 1. The fourth-order valence-electron chi connectivity index (χ4n) is 2.57. The molecule has 6 nitrogen and oxygen atoms in total. The molecule has 132 valence electrons. The Balaban J connectivity index is 1.63. The molecule has 0 saturated carbocycles. The van der Waals surface area contributed by atoms with E-state index in [2.05, 4.69) is 15.4 Å². The standard InChI is InChI=1S/C20H20N4O2/c1-15(16-7-10-18(11-8-16)24-14-21-13-22-24)23-20(25)12-9-17-5-3-4-6-19(17)26-2/h3-15H,1-2H3,(H,23,25)/b12-9+. The third-order valence-corrected chi connectivity index (χ3v) is 3.99. The molecule has 1 heterocycles. The van der Waals surface area contributed by atoms with E-state index in [1.165, 1.54) is 12.4 Å². The first-order chi connectivity index (χ1) is 12.7. The Morgan fingerprint density at radius 1 is 1.19 bits per heavy atom. The van der Waals surface area contributed by atoms with E-state index in [9.17, 15) is 4.79 Å². The van der Waals surface area contributed by atoms with Gasteiger partial charge < -0.3 is 10.1 Å². The summed E-state index contributed by atoms with van der Waals surface area (Å²) in [5.41, 5.74) is 2.78. The maximum Gasteiger partial charge on any atom is 0.244 e. The number of carbonyl (C=O) groups is 1. The fraction of sp³-hybridized carbons (Fsp3) is 0.150. The zero-order valence-corrected chi connectivity index (χ0v) is 14.7. The van der Waals surface area contributed by atoms with E-state index in [4.69, 9.17) is 4.74 Å². The van der Waals surface area contributed by atoms with E-state index in [-0.39, 0.29) is 11.9 Å².